The highest BCUT2D eigenvalue weighted by atomic mass is 35.5. The minimum absolute atomic E-state index is 0.0384. The molecule has 2 amide bonds. The largest absolute Gasteiger partial charge is 0.484 e. The van der Waals surface area contributed by atoms with Gasteiger partial charge in [0.05, 0.1) is 11.6 Å². The Labute approximate surface area is 181 Å². The topological polar surface area (TPSA) is 107 Å². The molecule has 0 radical (unpaired) electrons. The summed E-state index contributed by atoms with van der Waals surface area (Å²) in [4.78, 5) is 39.4. The van der Waals surface area contributed by atoms with E-state index in [0.29, 0.717) is 5.70 Å². The highest BCUT2D eigenvalue weighted by Crippen LogP contribution is 2.20. The van der Waals surface area contributed by atoms with Gasteiger partial charge in [-0.3, -0.25) is 9.59 Å². The van der Waals surface area contributed by atoms with Crippen LogP contribution >= 0.6 is 22.9 Å². The van der Waals surface area contributed by atoms with Crippen LogP contribution in [-0.4, -0.2) is 36.0 Å². The SMILES string of the molecule is C=C(CCC(=O)Nc1nc(C(=O)OCC)cs1)NC(=O)COc1ccc(Cl)c(F)c1. The first-order valence-electron chi connectivity index (χ1n) is 8.76. The number of carbonyl (C=O) groups excluding carboxylic acids is 3. The molecule has 0 spiro atoms. The number of nitrogens with one attached hydrogen (secondary N) is 2. The summed E-state index contributed by atoms with van der Waals surface area (Å²) in [7, 11) is 0. The van der Waals surface area contributed by atoms with E-state index in [-0.39, 0.29) is 53.6 Å². The molecule has 0 saturated heterocycles. The maximum absolute atomic E-state index is 13.3. The zero-order valence-corrected chi connectivity index (χ0v) is 17.6. The summed E-state index contributed by atoms with van der Waals surface area (Å²) in [5.41, 5.74) is 0.432. The molecule has 2 N–H and O–H groups in total. The zero-order chi connectivity index (χ0) is 22.1. The van der Waals surface area contributed by atoms with Gasteiger partial charge in [-0.05, 0) is 25.5 Å². The summed E-state index contributed by atoms with van der Waals surface area (Å²) in [6.45, 7) is 5.24. The molecule has 1 aromatic heterocycles. The van der Waals surface area contributed by atoms with Crippen LogP contribution in [0, 0.1) is 5.82 Å². The van der Waals surface area contributed by atoms with Crippen molar-refractivity contribution in [3.63, 3.8) is 0 Å². The summed E-state index contributed by atoms with van der Waals surface area (Å²) in [6.07, 6.45) is 0.222. The molecule has 2 rings (SSSR count). The van der Waals surface area contributed by atoms with E-state index in [9.17, 15) is 18.8 Å². The van der Waals surface area contributed by atoms with E-state index in [0.717, 1.165) is 17.4 Å². The summed E-state index contributed by atoms with van der Waals surface area (Å²) in [6, 6.07) is 3.82. The van der Waals surface area contributed by atoms with Crippen molar-refractivity contribution in [3.8, 4) is 5.75 Å². The minimum atomic E-state index is -0.653. The van der Waals surface area contributed by atoms with Gasteiger partial charge in [0, 0.05) is 23.6 Å². The molecule has 0 bridgehead atoms. The summed E-state index contributed by atoms with van der Waals surface area (Å²) in [5, 5.41) is 6.76. The smallest absolute Gasteiger partial charge is 0.357 e. The monoisotopic (exact) mass is 455 g/mol. The maximum Gasteiger partial charge on any atom is 0.357 e. The molecule has 0 atom stereocenters. The molecule has 0 saturated carbocycles. The second-order valence-corrected chi connectivity index (χ2v) is 7.09. The van der Waals surface area contributed by atoms with Crippen molar-refractivity contribution in [1.82, 2.24) is 10.3 Å². The fourth-order valence-electron chi connectivity index (χ4n) is 2.09. The number of anilines is 1. The quantitative estimate of drug-likeness (QED) is 0.531. The lowest BCUT2D eigenvalue weighted by molar-refractivity contribution is -0.122. The van der Waals surface area contributed by atoms with E-state index in [4.69, 9.17) is 21.1 Å². The van der Waals surface area contributed by atoms with Gasteiger partial charge in [0.2, 0.25) is 5.91 Å². The normalized spacial score (nSPS) is 10.2. The van der Waals surface area contributed by atoms with Crippen LogP contribution in [0.4, 0.5) is 9.52 Å². The number of nitrogens with zero attached hydrogens (tertiary/aromatic N) is 1. The number of halogens is 2. The van der Waals surface area contributed by atoms with E-state index >= 15 is 0 Å². The lowest BCUT2D eigenvalue weighted by Crippen LogP contribution is -2.28. The molecule has 2 aromatic rings. The number of carbonyl (C=O) groups is 3. The van der Waals surface area contributed by atoms with Crippen LogP contribution < -0.4 is 15.4 Å². The fourth-order valence-corrected chi connectivity index (χ4v) is 2.90. The summed E-state index contributed by atoms with van der Waals surface area (Å²) < 4.78 is 23.3. The van der Waals surface area contributed by atoms with Crippen LogP contribution in [0.2, 0.25) is 5.02 Å². The van der Waals surface area contributed by atoms with Crippen molar-refractivity contribution in [2.75, 3.05) is 18.5 Å². The van der Waals surface area contributed by atoms with E-state index in [1.807, 2.05) is 0 Å². The number of benzene rings is 1. The second-order valence-electron chi connectivity index (χ2n) is 5.82. The van der Waals surface area contributed by atoms with Crippen LogP contribution in [-0.2, 0) is 14.3 Å². The molecule has 0 aliphatic heterocycles. The summed E-state index contributed by atoms with van der Waals surface area (Å²) in [5.74, 6) is -1.92. The first-order valence-corrected chi connectivity index (χ1v) is 10.0. The van der Waals surface area contributed by atoms with E-state index in [1.54, 1.807) is 6.92 Å². The number of hydrogen-bond donors (Lipinski definition) is 2. The molecule has 8 nitrogen and oxygen atoms in total. The predicted molar refractivity (Wildman–Crippen MR) is 110 cm³/mol. The Bertz CT molecular complexity index is 950. The molecular formula is C19H19ClFN3O5S. The van der Waals surface area contributed by atoms with Crippen LogP contribution in [0.5, 0.6) is 5.75 Å². The number of hydrogen-bond acceptors (Lipinski definition) is 7. The molecule has 11 heteroatoms. The lowest BCUT2D eigenvalue weighted by atomic mass is 10.2. The van der Waals surface area contributed by atoms with Crippen LogP contribution in [0.15, 0.2) is 35.9 Å². The Balaban J connectivity index is 1.70. The molecule has 1 aromatic carbocycles. The molecule has 1 heterocycles. The molecule has 30 heavy (non-hydrogen) atoms. The van der Waals surface area contributed by atoms with Crippen molar-refractivity contribution in [3.05, 3.63) is 52.4 Å². The van der Waals surface area contributed by atoms with Gasteiger partial charge in [0.15, 0.2) is 17.4 Å². The Morgan fingerprint density at radius 1 is 1.27 bits per heavy atom. The average molecular weight is 456 g/mol. The number of thiazole rings is 1. The van der Waals surface area contributed by atoms with E-state index in [1.165, 1.54) is 17.5 Å². The standard InChI is InChI=1S/C19H19ClFN3O5S/c1-3-28-18(27)15-10-30-19(23-15)24-16(25)7-4-11(2)22-17(26)9-29-12-5-6-13(20)14(21)8-12/h5-6,8,10H,2-4,7,9H2,1H3,(H,22,26)(H,23,24,25). The van der Waals surface area contributed by atoms with Gasteiger partial charge >= 0.3 is 5.97 Å². The third-order valence-electron chi connectivity index (χ3n) is 3.47. The van der Waals surface area contributed by atoms with Gasteiger partial charge in [0.25, 0.3) is 5.91 Å². The Morgan fingerprint density at radius 3 is 2.73 bits per heavy atom. The van der Waals surface area contributed by atoms with Crippen molar-refractivity contribution in [1.29, 1.82) is 0 Å². The Kier molecular flexibility index (Phi) is 8.75. The Morgan fingerprint density at radius 2 is 2.03 bits per heavy atom. The number of aromatic nitrogens is 1. The van der Waals surface area contributed by atoms with Crippen molar-refractivity contribution < 1.29 is 28.2 Å². The lowest BCUT2D eigenvalue weighted by Gasteiger charge is -2.10. The number of rotatable bonds is 10. The highest BCUT2D eigenvalue weighted by molar-refractivity contribution is 7.14. The molecule has 160 valence electrons. The average Bonchev–Trinajstić information content (AvgIpc) is 3.16. The maximum atomic E-state index is 13.3. The van der Waals surface area contributed by atoms with Gasteiger partial charge < -0.3 is 20.1 Å². The van der Waals surface area contributed by atoms with Crippen molar-refractivity contribution in [2.24, 2.45) is 0 Å². The number of allylic oxidation sites excluding steroid dienone is 1. The van der Waals surface area contributed by atoms with E-state index in [2.05, 4.69) is 22.2 Å². The highest BCUT2D eigenvalue weighted by Gasteiger charge is 2.14. The van der Waals surface area contributed by atoms with Gasteiger partial charge in [-0.1, -0.05) is 18.2 Å². The number of ether oxygens (including phenoxy) is 2. The Hall–Kier alpha value is -2.98. The van der Waals surface area contributed by atoms with Gasteiger partial charge in [-0.15, -0.1) is 11.3 Å². The fraction of sp³-hybridized carbons (Fsp3) is 0.263. The molecular weight excluding hydrogens is 437 g/mol. The molecule has 0 aliphatic rings. The van der Waals surface area contributed by atoms with Crippen LogP contribution in [0.25, 0.3) is 0 Å². The third-order valence-corrected chi connectivity index (χ3v) is 4.53. The van der Waals surface area contributed by atoms with Crippen LogP contribution in [0.1, 0.15) is 30.3 Å². The predicted octanol–water partition coefficient (Wildman–Crippen LogP) is 3.54. The zero-order valence-electron chi connectivity index (χ0n) is 16.0. The van der Waals surface area contributed by atoms with E-state index < -0.39 is 17.7 Å². The van der Waals surface area contributed by atoms with Crippen LogP contribution in [0.3, 0.4) is 0 Å². The molecule has 0 aliphatic carbocycles. The molecule has 0 fully saturated rings. The van der Waals surface area contributed by atoms with Crippen molar-refractivity contribution in [2.45, 2.75) is 19.8 Å². The second kappa shape index (κ2) is 11.3. The number of esters is 1. The van der Waals surface area contributed by atoms with Gasteiger partial charge in [-0.25, -0.2) is 14.2 Å². The third kappa shape index (κ3) is 7.45. The first kappa shape index (κ1) is 23.3. The van der Waals surface area contributed by atoms with Gasteiger partial charge in [0.1, 0.15) is 11.6 Å². The summed E-state index contributed by atoms with van der Waals surface area (Å²) >= 11 is 6.67. The number of amides is 2. The van der Waals surface area contributed by atoms with Crippen molar-refractivity contribution >= 4 is 45.9 Å². The first-order chi connectivity index (χ1) is 14.3. The van der Waals surface area contributed by atoms with Gasteiger partial charge in [-0.2, -0.15) is 0 Å². The minimum Gasteiger partial charge on any atom is -0.484 e. The molecule has 0 unspecified atom stereocenters.